The summed E-state index contributed by atoms with van der Waals surface area (Å²) in [5.41, 5.74) is 2.46. The maximum absolute atomic E-state index is 13.5. The lowest BCUT2D eigenvalue weighted by Gasteiger charge is -2.42. The number of hydrogen-bond acceptors (Lipinski definition) is 3. The molecule has 2 N–H and O–H groups in total. The van der Waals surface area contributed by atoms with Gasteiger partial charge >= 0.3 is 6.09 Å². The van der Waals surface area contributed by atoms with Gasteiger partial charge in [0.2, 0.25) is 0 Å². The van der Waals surface area contributed by atoms with Gasteiger partial charge in [0.15, 0.2) is 0 Å². The zero-order chi connectivity index (χ0) is 20.0. The molecule has 3 rings (SSSR count). The van der Waals surface area contributed by atoms with E-state index >= 15 is 0 Å². The molecule has 2 aromatic carbocycles. The van der Waals surface area contributed by atoms with Crippen LogP contribution in [0.1, 0.15) is 42.0 Å². The molecule has 1 aliphatic heterocycles. The first-order valence-electron chi connectivity index (χ1n) is 9.60. The summed E-state index contributed by atoms with van der Waals surface area (Å²) >= 11 is 0. The fourth-order valence-corrected chi connectivity index (χ4v) is 3.90. The zero-order valence-corrected chi connectivity index (χ0v) is 16.2. The molecule has 28 heavy (non-hydrogen) atoms. The minimum atomic E-state index is -0.438. The highest BCUT2D eigenvalue weighted by atomic mass is 19.1. The topological polar surface area (TPSA) is 50.4 Å². The summed E-state index contributed by atoms with van der Waals surface area (Å²) in [4.78, 5) is 12.5. The number of carbonyl (C=O) groups is 1. The molecule has 0 radical (unpaired) electrons. The molecule has 2 atom stereocenters. The molecular formula is C23H27FN2O2. The van der Waals surface area contributed by atoms with Crippen molar-refractivity contribution < 1.29 is 13.9 Å². The highest BCUT2D eigenvalue weighted by Crippen LogP contribution is 2.34. The van der Waals surface area contributed by atoms with Gasteiger partial charge in [0, 0.05) is 11.6 Å². The van der Waals surface area contributed by atoms with E-state index in [2.05, 4.69) is 17.2 Å². The van der Waals surface area contributed by atoms with E-state index in [9.17, 15) is 9.18 Å². The van der Waals surface area contributed by atoms with Crippen LogP contribution in [-0.4, -0.2) is 18.2 Å². The van der Waals surface area contributed by atoms with Gasteiger partial charge in [0.05, 0.1) is 0 Å². The number of benzene rings is 2. The first kappa shape index (κ1) is 20.1. The number of ether oxygens (including phenoxy) is 1. The third-order valence-electron chi connectivity index (χ3n) is 5.31. The van der Waals surface area contributed by atoms with E-state index in [4.69, 9.17) is 4.74 Å². The summed E-state index contributed by atoms with van der Waals surface area (Å²) in [5, 5.41) is 6.58. The Balaban J connectivity index is 1.69. The van der Waals surface area contributed by atoms with Crippen molar-refractivity contribution in [3.8, 4) is 0 Å². The number of nitrogens with one attached hydrogen (secondary N) is 2. The average molecular weight is 382 g/mol. The number of halogens is 1. The fraction of sp³-hybridized carbons (Fsp3) is 0.348. The van der Waals surface area contributed by atoms with E-state index in [1.165, 1.54) is 6.07 Å². The van der Waals surface area contributed by atoms with Crippen LogP contribution in [0.4, 0.5) is 9.18 Å². The predicted molar refractivity (Wildman–Crippen MR) is 108 cm³/mol. The number of aryl methyl sites for hydroxylation is 1. The van der Waals surface area contributed by atoms with Crippen molar-refractivity contribution in [2.75, 3.05) is 6.54 Å². The average Bonchev–Trinajstić information content (AvgIpc) is 2.67. The van der Waals surface area contributed by atoms with Crippen LogP contribution in [0.2, 0.25) is 0 Å². The van der Waals surface area contributed by atoms with E-state index < -0.39 is 11.6 Å². The molecule has 1 amide bonds. The number of rotatable bonds is 6. The summed E-state index contributed by atoms with van der Waals surface area (Å²) in [6.07, 6.45) is 3.51. The van der Waals surface area contributed by atoms with Gasteiger partial charge in [-0.1, -0.05) is 42.5 Å². The Labute approximate surface area is 165 Å². The number of hydrogen-bond donors (Lipinski definition) is 2. The van der Waals surface area contributed by atoms with Gasteiger partial charge in [-0.3, -0.25) is 0 Å². The quantitative estimate of drug-likeness (QED) is 0.706. The van der Waals surface area contributed by atoms with Crippen LogP contribution in [0.5, 0.6) is 0 Å². The Morgan fingerprint density at radius 2 is 2.14 bits per heavy atom. The molecule has 1 aliphatic rings. The Morgan fingerprint density at radius 1 is 1.36 bits per heavy atom. The van der Waals surface area contributed by atoms with Gasteiger partial charge in [0.25, 0.3) is 0 Å². The van der Waals surface area contributed by atoms with Gasteiger partial charge < -0.3 is 15.4 Å². The second-order valence-electron chi connectivity index (χ2n) is 7.42. The number of alkyl carbamates (subject to hydrolysis) is 1. The van der Waals surface area contributed by atoms with Gasteiger partial charge in [-0.25, -0.2) is 9.18 Å². The second kappa shape index (κ2) is 9.02. The van der Waals surface area contributed by atoms with Crippen molar-refractivity contribution in [2.45, 2.75) is 44.4 Å². The Hall–Kier alpha value is -2.66. The summed E-state index contributed by atoms with van der Waals surface area (Å²) in [6, 6.07) is 14.5. The van der Waals surface area contributed by atoms with Crippen molar-refractivity contribution in [3.63, 3.8) is 0 Å². The Kier molecular flexibility index (Phi) is 6.47. The van der Waals surface area contributed by atoms with Crippen LogP contribution in [0.25, 0.3) is 0 Å². The number of carbonyl (C=O) groups excluding carboxylic acids is 1. The van der Waals surface area contributed by atoms with Crippen LogP contribution in [-0.2, 0) is 11.3 Å². The van der Waals surface area contributed by atoms with Crippen molar-refractivity contribution in [3.05, 3.63) is 83.7 Å². The Morgan fingerprint density at radius 3 is 2.86 bits per heavy atom. The molecule has 0 aliphatic carbocycles. The first-order valence-corrected chi connectivity index (χ1v) is 9.60. The van der Waals surface area contributed by atoms with Gasteiger partial charge in [-0.2, -0.15) is 0 Å². The lowest BCUT2D eigenvalue weighted by Crippen LogP contribution is -2.55. The van der Waals surface area contributed by atoms with Crippen molar-refractivity contribution in [2.24, 2.45) is 0 Å². The molecule has 1 fully saturated rings. The molecule has 5 heteroatoms. The normalized spacial score (nSPS) is 21.7. The van der Waals surface area contributed by atoms with Crippen molar-refractivity contribution in [1.29, 1.82) is 0 Å². The molecule has 0 saturated carbocycles. The number of amides is 1. The fourth-order valence-electron chi connectivity index (χ4n) is 3.90. The molecule has 1 saturated heterocycles. The summed E-state index contributed by atoms with van der Waals surface area (Å²) in [7, 11) is 0. The van der Waals surface area contributed by atoms with Crippen LogP contribution in [0.15, 0.2) is 61.2 Å². The van der Waals surface area contributed by atoms with Gasteiger partial charge in [-0.15, -0.1) is 6.58 Å². The highest BCUT2D eigenvalue weighted by Gasteiger charge is 2.38. The predicted octanol–water partition coefficient (Wildman–Crippen LogP) is 4.80. The largest absolute Gasteiger partial charge is 0.445 e. The molecule has 0 aromatic heterocycles. The van der Waals surface area contributed by atoms with E-state index in [1.54, 1.807) is 6.07 Å². The van der Waals surface area contributed by atoms with E-state index in [0.717, 1.165) is 29.7 Å². The third-order valence-corrected chi connectivity index (χ3v) is 5.31. The van der Waals surface area contributed by atoms with Gasteiger partial charge in [-0.05, 0) is 61.6 Å². The molecule has 1 heterocycles. The van der Waals surface area contributed by atoms with Crippen LogP contribution >= 0.6 is 0 Å². The molecule has 148 valence electrons. The van der Waals surface area contributed by atoms with Crippen LogP contribution in [0.3, 0.4) is 0 Å². The van der Waals surface area contributed by atoms with Crippen LogP contribution in [0, 0.1) is 12.7 Å². The minimum absolute atomic E-state index is 0.0312. The summed E-state index contributed by atoms with van der Waals surface area (Å²) < 4.78 is 18.9. The van der Waals surface area contributed by atoms with Crippen LogP contribution < -0.4 is 10.6 Å². The molecule has 0 bridgehead atoms. The molecule has 4 nitrogen and oxygen atoms in total. The lowest BCUT2D eigenvalue weighted by atomic mass is 9.79. The first-order chi connectivity index (χ1) is 13.5. The lowest BCUT2D eigenvalue weighted by molar-refractivity contribution is 0.114. The number of piperidine rings is 1. The highest BCUT2D eigenvalue weighted by molar-refractivity contribution is 5.68. The maximum Gasteiger partial charge on any atom is 0.407 e. The van der Waals surface area contributed by atoms with Crippen molar-refractivity contribution in [1.82, 2.24) is 10.6 Å². The summed E-state index contributed by atoms with van der Waals surface area (Å²) in [5.74, 6) is -0.239. The SMILES string of the molecule is C=CC[C@]1(NC(=O)OCc2ccccc2)CCN[C@@H](c2ccc(F)cc2C)C1. The van der Waals surface area contributed by atoms with E-state index in [0.29, 0.717) is 12.8 Å². The maximum atomic E-state index is 13.5. The summed E-state index contributed by atoms with van der Waals surface area (Å²) in [6.45, 7) is 6.75. The monoisotopic (exact) mass is 382 g/mol. The standard InChI is InChI=1S/C23H27FN2O2/c1-3-11-23(26-22(27)28-16-18-7-5-4-6-8-18)12-13-25-21(15-23)20-10-9-19(24)14-17(20)2/h3-10,14,21,25H,1,11-13,15-16H2,2H3,(H,26,27)/t21-,23+/m1/s1. The zero-order valence-electron chi connectivity index (χ0n) is 16.2. The van der Waals surface area contributed by atoms with E-state index in [1.807, 2.05) is 49.4 Å². The molecular weight excluding hydrogens is 355 g/mol. The molecule has 0 unspecified atom stereocenters. The van der Waals surface area contributed by atoms with Gasteiger partial charge in [0.1, 0.15) is 12.4 Å². The smallest absolute Gasteiger partial charge is 0.407 e. The molecule has 0 spiro atoms. The second-order valence-corrected chi connectivity index (χ2v) is 7.42. The van der Waals surface area contributed by atoms with E-state index in [-0.39, 0.29) is 18.5 Å². The minimum Gasteiger partial charge on any atom is -0.445 e. The van der Waals surface area contributed by atoms with Crippen molar-refractivity contribution >= 4 is 6.09 Å². The Bertz CT molecular complexity index is 825. The third kappa shape index (κ3) is 4.98. The molecule has 2 aromatic rings.